The first kappa shape index (κ1) is 8.59. The van der Waals surface area contributed by atoms with Crippen molar-refractivity contribution in [3.05, 3.63) is 11.6 Å². The van der Waals surface area contributed by atoms with Crippen LogP contribution in [-0.4, -0.2) is 30.2 Å². The van der Waals surface area contributed by atoms with Gasteiger partial charge in [0.05, 0.1) is 6.61 Å². The van der Waals surface area contributed by atoms with E-state index in [0.717, 1.165) is 6.08 Å². The molecule has 1 aliphatic carbocycles. The molecule has 0 saturated heterocycles. The van der Waals surface area contributed by atoms with Gasteiger partial charge in [0.2, 0.25) is 0 Å². The fourth-order valence-corrected chi connectivity index (χ4v) is 1.06. The molecule has 11 heavy (non-hydrogen) atoms. The van der Waals surface area contributed by atoms with Crippen LogP contribution in [0.25, 0.3) is 0 Å². The summed E-state index contributed by atoms with van der Waals surface area (Å²) in [6.45, 7) is -0.395. The van der Waals surface area contributed by atoms with Crippen molar-refractivity contribution in [1.29, 1.82) is 0 Å². The van der Waals surface area contributed by atoms with Crippen LogP contribution in [0.2, 0.25) is 0 Å². The van der Waals surface area contributed by atoms with Crippen LogP contribution in [-0.2, 0) is 0 Å². The number of allylic oxidation sites excluding steroid dienone is 1. The summed E-state index contributed by atoms with van der Waals surface area (Å²) in [6.07, 6.45) is -5.03. The zero-order valence-electron chi connectivity index (χ0n) is 5.80. The highest BCUT2D eigenvalue weighted by Crippen LogP contribution is 2.25. The van der Waals surface area contributed by atoms with E-state index in [1.807, 2.05) is 0 Å². The maximum absolute atomic E-state index is 12.5. The van der Waals surface area contributed by atoms with E-state index in [9.17, 15) is 13.2 Å². The van der Waals surface area contributed by atoms with Crippen LogP contribution in [0.3, 0.4) is 0 Å². The third-order valence-corrected chi connectivity index (χ3v) is 1.70. The van der Waals surface area contributed by atoms with E-state index in [4.69, 9.17) is 5.11 Å². The molecular formula is C7H9F3O. The van der Waals surface area contributed by atoms with Crippen molar-refractivity contribution >= 4 is 0 Å². The van der Waals surface area contributed by atoms with Crippen LogP contribution in [0.4, 0.5) is 13.2 Å². The van der Waals surface area contributed by atoms with Gasteiger partial charge in [0.1, 0.15) is 6.17 Å². The number of hydrogen-bond acceptors (Lipinski definition) is 1. The molecular weight excluding hydrogens is 157 g/mol. The van der Waals surface area contributed by atoms with E-state index >= 15 is 0 Å². The first-order valence-corrected chi connectivity index (χ1v) is 3.37. The second kappa shape index (κ2) is 3.26. The predicted molar refractivity (Wildman–Crippen MR) is 34.5 cm³/mol. The van der Waals surface area contributed by atoms with E-state index in [1.165, 1.54) is 0 Å². The third kappa shape index (κ3) is 1.74. The maximum Gasteiger partial charge on any atom is 0.166 e. The highest BCUT2D eigenvalue weighted by atomic mass is 19.2. The van der Waals surface area contributed by atoms with Crippen LogP contribution >= 0.6 is 0 Å². The number of hydrogen-bond donors (Lipinski definition) is 1. The minimum absolute atomic E-state index is 0.196. The van der Waals surface area contributed by atoms with Crippen molar-refractivity contribution in [1.82, 2.24) is 0 Å². The molecule has 0 bridgehead atoms. The fourth-order valence-electron chi connectivity index (χ4n) is 1.06. The summed E-state index contributed by atoms with van der Waals surface area (Å²) in [5, 5.41) is 8.49. The van der Waals surface area contributed by atoms with Gasteiger partial charge in [-0.15, -0.1) is 0 Å². The molecule has 0 fully saturated rings. The normalized spacial score (nSPS) is 38.5. The SMILES string of the molecule is OCC1=CC(F)C(F)C(F)C1. The average molecular weight is 166 g/mol. The standard InChI is InChI=1S/C7H9F3O/c8-5-1-4(3-11)2-6(9)7(5)10/h1,5-7,11H,2-3H2. The van der Waals surface area contributed by atoms with Gasteiger partial charge in [-0.3, -0.25) is 0 Å². The van der Waals surface area contributed by atoms with E-state index in [2.05, 4.69) is 0 Å². The fraction of sp³-hybridized carbons (Fsp3) is 0.714. The van der Waals surface area contributed by atoms with Crippen LogP contribution in [0.5, 0.6) is 0 Å². The molecule has 0 aliphatic heterocycles. The molecule has 0 amide bonds. The Balaban J connectivity index is 2.68. The molecule has 1 rings (SSSR count). The summed E-state index contributed by atoms with van der Waals surface area (Å²) in [4.78, 5) is 0. The van der Waals surface area contributed by atoms with Crippen LogP contribution in [0.1, 0.15) is 6.42 Å². The third-order valence-electron chi connectivity index (χ3n) is 1.70. The zero-order chi connectivity index (χ0) is 8.43. The molecule has 0 saturated carbocycles. The Morgan fingerprint density at radius 2 is 2.09 bits per heavy atom. The lowest BCUT2D eigenvalue weighted by Crippen LogP contribution is -2.31. The number of aliphatic hydroxyl groups excluding tert-OH is 1. The molecule has 0 heterocycles. The molecule has 0 aromatic heterocycles. The summed E-state index contributed by atoms with van der Waals surface area (Å²) in [5.74, 6) is 0. The Hall–Kier alpha value is -0.510. The first-order chi connectivity index (χ1) is 5.15. The van der Waals surface area contributed by atoms with Gasteiger partial charge in [0, 0.05) is 6.42 Å². The van der Waals surface area contributed by atoms with Crippen molar-refractivity contribution in [2.45, 2.75) is 24.9 Å². The second-order valence-corrected chi connectivity index (χ2v) is 2.59. The Labute approximate surface area is 62.5 Å². The summed E-state index contributed by atoms with van der Waals surface area (Å²) in [6, 6.07) is 0. The molecule has 1 N–H and O–H groups in total. The lowest BCUT2D eigenvalue weighted by molar-refractivity contribution is 0.0912. The van der Waals surface area contributed by atoms with Crippen molar-refractivity contribution < 1.29 is 18.3 Å². The van der Waals surface area contributed by atoms with Gasteiger partial charge < -0.3 is 5.11 Å². The van der Waals surface area contributed by atoms with Gasteiger partial charge >= 0.3 is 0 Å². The van der Waals surface area contributed by atoms with Crippen molar-refractivity contribution in [3.63, 3.8) is 0 Å². The monoisotopic (exact) mass is 166 g/mol. The number of aliphatic hydroxyl groups is 1. The van der Waals surface area contributed by atoms with Gasteiger partial charge in [-0.1, -0.05) is 0 Å². The highest BCUT2D eigenvalue weighted by molar-refractivity contribution is 5.14. The van der Waals surface area contributed by atoms with Crippen LogP contribution in [0.15, 0.2) is 11.6 Å². The minimum atomic E-state index is -2.06. The summed E-state index contributed by atoms with van der Waals surface area (Å²) in [7, 11) is 0. The largest absolute Gasteiger partial charge is 0.392 e. The van der Waals surface area contributed by atoms with Crippen molar-refractivity contribution in [2.75, 3.05) is 6.61 Å². The van der Waals surface area contributed by atoms with Crippen molar-refractivity contribution in [3.8, 4) is 0 Å². The Bertz CT molecular complexity index is 169. The Morgan fingerprint density at radius 1 is 1.45 bits per heavy atom. The molecule has 0 radical (unpaired) electrons. The Kier molecular flexibility index (Phi) is 2.54. The van der Waals surface area contributed by atoms with Gasteiger partial charge in [-0.05, 0) is 11.6 Å². The molecule has 0 aromatic carbocycles. The maximum atomic E-state index is 12.5. The second-order valence-electron chi connectivity index (χ2n) is 2.59. The summed E-state index contributed by atoms with van der Waals surface area (Å²) >= 11 is 0. The Morgan fingerprint density at radius 3 is 2.55 bits per heavy atom. The average Bonchev–Trinajstić information content (AvgIpc) is 1.99. The topological polar surface area (TPSA) is 20.2 Å². The summed E-state index contributed by atoms with van der Waals surface area (Å²) < 4.78 is 37.4. The quantitative estimate of drug-likeness (QED) is 0.582. The van der Waals surface area contributed by atoms with Gasteiger partial charge in [0.25, 0.3) is 0 Å². The number of rotatable bonds is 1. The van der Waals surface area contributed by atoms with Gasteiger partial charge in [0.15, 0.2) is 12.3 Å². The smallest absolute Gasteiger partial charge is 0.166 e. The van der Waals surface area contributed by atoms with Crippen LogP contribution < -0.4 is 0 Å². The molecule has 1 aliphatic rings. The van der Waals surface area contributed by atoms with Crippen molar-refractivity contribution in [2.24, 2.45) is 0 Å². The van der Waals surface area contributed by atoms with E-state index in [0.29, 0.717) is 0 Å². The molecule has 0 spiro atoms. The lowest BCUT2D eigenvalue weighted by atomic mass is 9.95. The molecule has 3 atom stereocenters. The lowest BCUT2D eigenvalue weighted by Gasteiger charge is -2.21. The summed E-state index contributed by atoms with van der Waals surface area (Å²) in [5.41, 5.74) is 0.235. The van der Waals surface area contributed by atoms with Gasteiger partial charge in [-0.25, -0.2) is 13.2 Å². The zero-order valence-corrected chi connectivity index (χ0v) is 5.80. The molecule has 0 aromatic rings. The first-order valence-electron chi connectivity index (χ1n) is 3.37. The predicted octanol–water partition coefficient (Wildman–Crippen LogP) is 1.32. The van der Waals surface area contributed by atoms with E-state index < -0.39 is 25.1 Å². The van der Waals surface area contributed by atoms with E-state index in [1.54, 1.807) is 0 Å². The number of alkyl halides is 3. The van der Waals surface area contributed by atoms with Crippen LogP contribution in [0, 0.1) is 0 Å². The minimum Gasteiger partial charge on any atom is -0.392 e. The molecule has 4 heteroatoms. The van der Waals surface area contributed by atoms with Gasteiger partial charge in [-0.2, -0.15) is 0 Å². The molecule has 64 valence electrons. The highest BCUT2D eigenvalue weighted by Gasteiger charge is 2.33. The molecule has 1 nitrogen and oxygen atoms in total. The molecule has 3 unspecified atom stereocenters. The number of halogens is 3. The van der Waals surface area contributed by atoms with E-state index in [-0.39, 0.29) is 12.0 Å².